The number of rotatable bonds is 3. The molecule has 1 aliphatic heterocycles. The van der Waals surface area contributed by atoms with Crippen LogP contribution < -0.4 is 0 Å². The van der Waals surface area contributed by atoms with Gasteiger partial charge in [0.25, 0.3) is 0 Å². The van der Waals surface area contributed by atoms with E-state index in [1.807, 2.05) is 0 Å². The van der Waals surface area contributed by atoms with Crippen LogP contribution in [0.15, 0.2) is 24.3 Å². The number of hydrogen-bond acceptors (Lipinski definition) is 4. The van der Waals surface area contributed by atoms with E-state index in [4.69, 9.17) is 0 Å². The molecule has 0 aromatic heterocycles. The van der Waals surface area contributed by atoms with E-state index in [-0.39, 0.29) is 30.1 Å². The molecule has 0 saturated carbocycles. The van der Waals surface area contributed by atoms with Crippen LogP contribution in [-0.4, -0.2) is 36.4 Å². The van der Waals surface area contributed by atoms with Crippen molar-refractivity contribution in [3.05, 3.63) is 35.4 Å². The van der Waals surface area contributed by atoms with Gasteiger partial charge in [0.05, 0.1) is 17.1 Å². The van der Waals surface area contributed by atoms with Gasteiger partial charge < -0.3 is 5.11 Å². The van der Waals surface area contributed by atoms with E-state index in [9.17, 15) is 18.3 Å². The summed E-state index contributed by atoms with van der Waals surface area (Å²) in [5.74, 6) is -0.270. The zero-order chi connectivity index (χ0) is 13.4. The number of hydrogen-bond donors (Lipinski definition) is 1. The average molecular weight is 268 g/mol. The number of carbonyl (C=O) groups is 1. The lowest BCUT2D eigenvalue weighted by Gasteiger charge is -2.21. The first kappa shape index (κ1) is 13.2. The smallest absolute Gasteiger partial charge is 0.160 e. The number of aliphatic hydroxyl groups is 1. The van der Waals surface area contributed by atoms with E-state index >= 15 is 0 Å². The quantitative estimate of drug-likeness (QED) is 0.830. The summed E-state index contributed by atoms with van der Waals surface area (Å²) >= 11 is 0. The Morgan fingerprint density at radius 3 is 2.61 bits per heavy atom. The summed E-state index contributed by atoms with van der Waals surface area (Å²) in [7, 11) is -3.14. The van der Waals surface area contributed by atoms with Crippen molar-refractivity contribution in [2.45, 2.75) is 25.4 Å². The molecule has 98 valence electrons. The first-order valence-electron chi connectivity index (χ1n) is 5.83. The maximum absolute atomic E-state index is 11.5. The Bertz CT molecular complexity index is 576. The lowest BCUT2D eigenvalue weighted by molar-refractivity contribution is 0.0679. The van der Waals surface area contributed by atoms with Crippen molar-refractivity contribution >= 4 is 15.6 Å². The highest BCUT2D eigenvalue weighted by Gasteiger charge is 2.40. The van der Waals surface area contributed by atoms with Gasteiger partial charge in [0.15, 0.2) is 15.6 Å². The van der Waals surface area contributed by atoms with Gasteiger partial charge in [0, 0.05) is 12.0 Å². The van der Waals surface area contributed by atoms with Gasteiger partial charge in [-0.25, -0.2) is 8.42 Å². The highest BCUT2D eigenvalue weighted by molar-refractivity contribution is 7.91. The van der Waals surface area contributed by atoms with E-state index < -0.39 is 15.4 Å². The zero-order valence-corrected chi connectivity index (χ0v) is 11.0. The van der Waals surface area contributed by atoms with Crippen LogP contribution in [0.1, 0.15) is 29.3 Å². The van der Waals surface area contributed by atoms with Crippen molar-refractivity contribution in [3.63, 3.8) is 0 Å². The van der Waals surface area contributed by atoms with Crippen molar-refractivity contribution in [3.8, 4) is 0 Å². The highest BCUT2D eigenvalue weighted by atomic mass is 32.2. The van der Waals surface area contributed by atoms with Crippen LogP contribution in [0.3, 0.4) is 0 Å². The van der Waals surface area contributed by atoms with Crippen LogP contribution >= 0.6 is 0 Å². The molecule has 0 spiro atoms. The molecule has 0 bridgehead atoms. The lowest BCUT2D eigenvalue weighted by Crippen LogP contribution is -2.33. The average Bonchev–Trinajstić information content (AvgIpc) is 2.53. The Labute approximate surface area is 107 Å². The molecule has 1 heterocycles. The van der Waals surface area contributed by atoms with Crippen LogP contribution in [-0.2, 0) is 16.3 Å². The van der Waals surface area contributed by atoms with E-state index in [2.05, 4.69) is 0 Å². The molecule has 1 aromatic rings. The SMILES string of the molecule is CC(=O)c1ccccc1CC1(O)CCS(=O)(=O)C1. The molecule has 2 rings (SSSR count). The number of Topliss-reactive ketones (excluding diaryl/α,β-unsaturated/α-hetero) is 1. The summed E-state index contributed by atoms with van der Waals surface area (Å²) in [6, 6.07) is 7.01. The second-order valence-corrected chi connectivity index (χ2v) is 7.14. The van der Waals surface area contributed by atoms with Gasteiger partial charge in [-0.2, -0.15) is 0 Å². The van der Waals surface area contributed by atoms with Gasteiger partial charge in [-0.15, -0.1) is 0 Å². The van der Waals surface area contributed by atoms with E-state index in [1.165, 1.54) is 6.92 Å². The molecule has 1 unspecified atom stereocenters. The summed E-state index contributed by atoms with van der Waals surface area (Å²) in [5, 5.41) is 10.3. The third-order valence-electron chi connectivity index (χ3n) is 3.28. The molecule has 1 aromatic carbocycles. The van der Waals surface area contributed by atoms with Crippen molar-refractivity contribution in [1.29, 1.82) is 0 Å². The van der Waals surface area contributed by atoms with Crippen LogP contribution in [0.5, 0.6) is 0 Å². The predicted molar refractivity (Wildman–Crippen MR) is 68.4 cm³/mol. The van der Waals surface area contributed by atoms with Crippen LogP contribution in [0, 0.1) is 0 Å². The van der Waals surface area contributed by atoms with Gasteiger partial charge >= 0.3 is 0 Å². The van der Waals surface area contributed by atoms with Gasteiger partial charge in [-0.3, -0.25) is 4.79 Å². The molecule has 1 N–H and O–H groups in total. The molecule has 0 aliphatic carbocycles. The summed E-state index contributed by atoms with van der Waals surface area (Å²) in [6.07, 6.45) is 0.448. The van der Waals surface area contributed by atoms with Crippen molar-refractivity contribution in [2.24, 2.45) is 0 Å². The monoisotopic (exact) mass is 268 g/mol. The van der Waals surface area contributed by atoms with Crippen LogP contribution in [0.25, 0.3) is 0 Å². The molecule has 0 amide bonds. The Morgan fingerprint density at radius 1 is 1.39 bits per heavy atom. The minimum atomic E-state index is -3.14. The first-order chi connectivity index (χ1) is 8.31. The van der Waals surface area contributed by atoms with Crippen LogP contribution in [0.4, 0.5) is 0 Å². The maximum atomic E-state index is 11.5. The molecule has 0 radical (unpaired) electrons. The fraction of sp³-hybridized carbons (Fsp3) is 0.462. The second kappa shape index (κ2) is 4.48. The van der Waals surface area contributed by atoms with Gasteiger partial charge in [-0.1, -0.05) is 24.3 Å². The summed E-state index contributed by atoms with van der Waals surface area (Å²) < 4.78 is 22.9. The van der Waals surface area contributed by atoms with Crippen LogP contribution in [0.2, 0.25) is 0 Å². The third kappa shape index (κ3) is 2.79. The van der Waals surface area contributed by atoms with Gasteiger partial charge in [0.2, 0.25) is 0 Å². The first-order valence-corrected chi connectivity index (χ1v) is 7.65. The predicted octanol–water partition coefficient (Wildman–Crippen LogP) is 0.981. The molecule has 1 fully saturated rings. The zero-order valence-electron chi connectivity index (χ0n) is 10.2. The summed E-state index contributed by atoms with van der Waals surface area (Å²) in [5.41, 5.74) is 0.0320. The molecule has 4 nitrogen and oxygen atoms in total. The van der Waals surface area contributed by atoms with E-state index in [0.717, 1.165) is 0 Å². The number of ketones is 1. The number of sulfone groups is 1. The second-order valence-electron chi connectivity index (χ2n) is 4.96. The van der Waals surface area contributed by atoms with Gasteiger partial charge in [-0.05, 0) is 18.9 Å². The van der Waals surface area contributed by atoms with Crippen molar-refractivity contribution < 1.29 is 18.3 Å². The largest absolute Gasteiger partial charge is 0.388 e. The Morgan fingerprint density at radius 2 is 2.06 bits per heavy atom. The molecular formula is C13H16O4S. The molecule has 1 saturated heterocycles. The number of benzene rings is 1. The summed E-state index contributed by atoms with van der Waals surface area (Å²) in [6.45, 7) is 1.47. The fourth-order valence-corrected chi connectivity index (χ4v) is 4.31. The Kier molecular flexibility index (Phi) is 3.29. The normalized spacial score (nSPS) is 26.1. The molecule has 5 heteroatoms. The van der Waals surface area contributed by atoms with Crippen molar-refractivity contribution in [2.75, 3.05) is 11.5 Å². The van der Waals surface area contributed by atoms with E-state index in [1.54, 1.807) is 24.3 Å². The molecule has 1 atom stereocenters. The minimum absolute atomic E-state index is 0.0196. The fourth-order valence-electron chi connectivity index (χ4n) is 2.41. The maximum Gasteiger partial charge on any atom is 0.160 e. The Balaban J connectivity index is 2.28. The standard InChI is InChI=1S/C13H16O4S/c1-10(14)12-5-3-2-4-11(12)8-13(15)6-7-18(16,17)9-13/h2-5,15H,6-9H2,1H3. The Hall–Kier alpha value is -1.20. The van der Waals surface area contributed by atoms with Gasteiger partial charge in [0.1, 0.15) is 0 Å². The molecule has 1 aliphatic rings. The highest BCUT2D eigenvalue weighted by Crippen LogP contribution is 2.28. The van der Waals surface area contributed by atoms with E-state index in [0.29, 0.717) is 11.1 Å². The third-order valence-corrected chi connectivity index (χ3v) is 5.09. The number of carbonyl (C=O) groups excluding carboxylic acids is 1. The topological polar surface area (TPSA) is 71.4 Å². The summed E-state index contributed by atoms with van der Waals surface area (Å²) in [4.78, 5) is 11.5. The minimum Gasteiger partial charge on any atom is -0.388 e. The lowest BCUT2D eigenvalue weighted by atomic mass is 9.90. The van der Waals surface area contributed by atoms with Crippen molar-refractivity contribution in [1.82, 2.24) is 0 Å². The molecule has 18 heavy (non-hydrogen) atoms. The molecular weight excluding hydrogens is 252 g/mol.